The lowest BCUT2D eigenvalue weighted by Gasteiger charge is -1.64. The maximum Gasteiger partial charge on any atom is 0.327 e. The van der Waals surface area contributed by atoms with E-state index in [0.717, 1.165) is 6.08 Å². The van der Waals surface area contributed by atoms with Crippen molar-refractivity contribution in [2.75, 3.05) is 0 Å². The van der Waals surface area contributed by atoms with Crippen molar-refractivity contribution in [2.24, 2.45) is 0 Å². The summed E-state index contributed by atoms with van der Waals surface area (Å²) >= 11 is 6.44. The van der Waals surface area contributed by atoms with Gasteiger partial charge in [0.1, 0.15) is 0 Å². The number of carbonyl (C=O) groups is 1. The number of carboxylic acids is 1. The molecule has 0 aliphatic carbocycles. The number of rotatable bonds is 1. The minimum absolute atomic E-state index is 0.833. The van der Waals surface area contributed by atoms with E-state index in [1.54, 1.807) is 0 Å². The van der Waals surface area contributed by atoms with Crippen LogP contribution in [0.1, 0.15) is 0 Å². The molecular weight excluding hydrogens is 132 g/mol. The Hall–Kier alpha value is -0.0900. The lowest BCUT2D eigenvalue weighted by Crippen LogP contribution is -1.82. The van der Waals surface area contributed by atoms with Crippen LogP contribution in [0.3, 0.4) is 0 Å². The molecule has 0 aromatic rings. The third kappa shape index (κ3) is 24.8. The summed E-state index contributed by atoms with van der Waals surface area (Å²) in [6.07, 6.45) is 0.833. The maximum atomic E-state index is 9.25. The van der Waals surface area contributed by atoms with Crippen molar-refractivity contribution in [3.63, 3.8) is 0 Å². The summed E-state index contributed by atoms with van der Waals surface area (Å²) in [5.41, 5.74) is 0. The summed E-state index contributed by atoms with van der Waals surface area (Å²) in [5, 5.41) is 7.60. The van der Waals surface area contributed by atoms with Crippen LogP contribution in [0.5, 0.6) is 0 Å². The second-order valence-corrected chi connectivity index (χ2v) is 0.542. The van der Waals surface area contributed by atoms with E-state index in [1.165, 1.54) is 0 Å². The van der Waals surface area contributed by atoms with E-state index >= 15 is 0 Å². The fourth-order valence-electron chi connectivity index (χ4n) is 0. The standard InChI is InChI=1S/C3H4O2.H2S2/c1-2-3(4)5;1-2/h2H,1H2,(H,4,5);1-2H. The molecule has 0 fully saturated rings. The van der Waals surface area contributed by atoms with Gasteiger partial charge in [-0.05, 0) is 0 Å². The first-order valence-corrected chi connectivity index (χ1v) is 2.92. The van der Waals surface area contributed by atoms with Gasteiger partial charge < -0.3 is 5.11 Å². The van der Waals surface area contributed by atoms with Crippen molar-refractivity contribution in [3.8, 4) is 0 Å². The summed E-state index contributed by atoms with van der Waals surface area (Å²) in [4.78, 5) is 9.25. The van der Waals surface area contributed by atoms with E-state index in [-0.39, 0.29) is 0 Å². The van der Waals surface area contributed by atoms with E-state index in [0.29, 0.717) is 0 Å². The Labute approximate surface area is 52.5 Å². The molecule has 0 spiro atoms. The highest BCUT2D eigenvalue weighted by atomic mass is 33.1. The summed E-state index contributed by atoms with van der Waals surface area (Å²) < 4.78 is 0. The number of hydrogen-bond donors (Lipinski definition) is 3. The molecule has 0 saturated heterocycles. The molecule has 0 aromatic carbocycles. The Balaban J connectivity index is 0. The average Bonchev–Trinajstić information content (AvgIpc) is 1.73. The van der Waals surface area contributed by atoms with Crippen LogP contribution in [-0.2, 0) is 4.79 Å². The van der Waals surface area contributed by atoms with Crippen molar-refractivity contribution in [1.82, 2.24) is 0 Å². The Morgan fingerprint density at radius 2 is 1.86 bits per heavy atom. The molecule has 4 heteroatoms. The molecule has 0 bridgehead atoms. The molecule has 0 aliphatic heterocycles. The van der Waals surface area contributed by atoms with Gasteiger partial charge in [0.15, 0.2) is 0 Å². The van der Waals surface area contributed by atoms with Gasteiger partial charge in [-0.1, -0.05) is 6.58 Å². The lowest BCUT2D eigenvalue weighted by atomic mass is 10.7. The molecule has 7 heavy (non-hydrogen) atoms. The smallest absolute Gasteiger partial charge is 0.327 e. The van der Waals surface area contributed by atoms with Crippen LogP contribution in [0.15, 0.2) is 12.7 Å². The fourth-order valence-corrected chi connectivity index (χ4v) is 0. The number of hydrogen-bond acceptors (Lipinski definition) is 3. The van der Waals surface area contributed by atoms with Crippen LogP contribution in [0.4, 0.5) is 0 Å². The summed E-state index contributed by atoms with van der Waals surface area (Å²) in [6, 6.07) is 0. The van der Waals surface area contributed by atoms with Crippen LogP contribution < -0.4 is 0 Å². The van der Waals surface area contributed by atoms with Gasteiger partial charge in [-0.3, -0.25) is 0 Å². The van der Waals surface area contributed by atoms with Crippen LogP contribution in [0.25, 0.3) is 0 Å². The Morgan fingerprint density at radius 3 is 1.86 bits per heavy atom. The highest BCUT2D eigenvalue weighted by Crippen LogP contribution is 1.65. The molecule has 0 amide bonds. The molecule has 2 nitrogen and oxygen atoms in total. The third-order valence-corrected chi connectivity index (χ3v) is 0.175. The first kappa shape index (κ1) is 10.0. The van der Waals surface area contributed by atoms with Crippen LogP contribution in [0.2, 0.25) is 0 Å². The van der Waals surface area contributed by atoms with Crippen molar-refractivity contribution >= 4 is 29.3 Å². The molecule has 0 atom stereocenters. The number of thiol groups is 2. The molecule has 0 aliphatic rings. The van der Waals surface area contributed by atoms with Gasteiger partial charge in [-0.2, -0.15) is 0 Å². The highest BCUT2D eigenvalue weighted by Gasteiger charge is 1.73. The molecule has 0 radical (unpaired) electrons. The predicted molar refractivity (Wildman–Crippen MR) is 35.8 cm³/mol. The number of carboxylic acid groups (broad SMARTS) is 1. The monoisotopic (exact) mass is 138 g/mol. The fraction of sp³-hybridized carbons (Fsp3) is 0. The molecular formula is C3H6O2S2. The average molecular weight is 138 g/mol. The van der Waals surface area contributed by atoms with Crippen LogP contribution in [0, 0.1) is 0 Å². The molecule has 0 heterocycles. The van der Waals surface area contributed by atoms with E-state index in [9.17, 15) is 4.79 Å². The third-order valence-electron chi connectivity index (χ3n) is 0.175. The molecule has 42 valence electrons. The van der Waals surface area contributed by atoms with Crippen molar-refractivity contribution in [1.29, 1.82) is 0 Å². The minimum Gasteiger partial charge on any atom is -0.478 e. The zero-order valence-electron chi connectivity index (χ0n) is 3.53. The van der Waals surface area contributed by atoms with Gasteiger partial charge in [0.2, 0.25) is 0 Å². The van der Waals surface area contributed by atoms with Gasteiger partial charge in [0, 0.05) is 6.08 Å². The van der Waals surface area contributed by atoms with E-state index in [1.807, 2.05) is 0 Å². The normalized spacial score (nSPS) is 5.43. The predicted octanol–water partition coefficient (Wildman–Crippen LogP) is 1.02. The first-order valence-electron chi connectivity index (χ1n) is 1.32. The van der Waals surface area contributed by atoms with E-state index in [2.05, 4.69) is 29.9 Å². The summed E-state index contributed by atoms with van der Waals surface area (Å²) in [7, 11) is 0. The topological polar surface area (TPSA) is 37.3 Å². The van der Waals surface area contributed by atoms with Crippen molar-refractivity contribution in [3.05, 3.63) is 12.7 Å². The SMILES string of the molecule is C=CC(=O)O.SS. The zero-order valence-corrected chi connectivity index (χ0v) is 5.32. The largest absolute Gasteiger partial charge is 0.478 e. The minimum atomic E-state index is -0.981. The zero-order chi connectivity index (χ0) is 6.28. The van der Waals surface area contributed by atoms with Gasteiger partial charge in [0.05, 0.1) is 0 Å². The second-order valence-electron chi connectivity index (χ2n) is 0.542. The van der Waals surface area contributed by atoms with Gasteiger partial charge in [0.25, 0.3) is 0 Å². The highest BCUT2D eigenvalue weighted by molar-refractivity contribution is 8.59. The molecule has 0 aromatic heterocycles. The Morgan fingerprint density at radius 1 is 1.71 bits per heavy atom. The molecule has 1 N–H and O–H groups in total. The number of aliphatic carboxylic acids is 1. The molecule has 0 saturated carbocycles. The quantitative estimate of drug-likeness (QED) is 0.287. The Bertz CT molecular complexity index is 62.0. The van der Waals surface area contributed by atoms with Crippen LogP contribution in [-0.4, -0.2) is 11.1 Å². The van der Waals surface area contributed by atoms with Crippen molar-refractivity contribution < 1.29 is 9.90 Å². The van der Waals surface area contributed by atoms with Gasteiger partial charge in [-0.15, -0.1) is 23.3 Å². The summed E-state index contributed by atoms with van der Waals surface area (Å²) in [6.45, 7) is 2.96. The lowest BCUT2D eigenvalue weighted by molar-refractivity contribution is -0.131. The first-order chi connectivity index (χ1) is 3.27. The molecule has 0 rings (SSSR count). The Kier molecular flexibility index (Phi) is 13.3. The van der Waals surface area contributed by atoms with Gasteiger partial charge in [-0.25, -0.2) is 4.79 Å². The maximum absolute atomic E-state index is 9.25. The van der Waals surface area contributed by atoms with E-state index in [4.69, 9.17) is 5.11 Å². The van der Waals surface area contributed by atoms with Crippen LogP contribution >= 0.6 is 23.3 Å². The molecule has 0 unspecified atom stereocenters. The van der Waals surface area contributed by atoms with Crippen molar-refractivity contribution in [2.45, 2.75) is 0 Å². The summed E-state index contributed by atoms with van der Waals surface area (Å²) in [5.74, 6) is -0.981. The van der Waals surface area contributed by atoms with E-state index < -0.39 is 5.97 Å². The second kappa shape index (κ2) is 9.32. The van der Waals surface area contributed by atoms with Gasteiger partial charge >= 0.3 is 5.97 Å².